The molecule has 0 aliphatic carbocycles. The van der Waals surface area contributed by atoms with Crippen LogP contribution in [0.1, 0.15) is 53.9 Å². The Morgan fingerprint density at radius 3 is 2.40 bits per heavy atom. The molecule has 0 aliphatic rings. The van der Waals surface area contributed by atoms with Crippen LogP contribution in [0.4, 0.5) is 0 Å². The second-order valence-electron chi connectivity index (χ2n) is 4.34. The molecule has 1 atom stereocenters. The number of hydrogen-bond donors (Lipinski definition) is 0. The first-order chi connectivity index (χ1) is 6.94. The fourth-order valence-electron chi connectivity index (χ4n) is 1.12. The van der Waals surface area contributed by atoms with Crippen LogP contribution < -0.4 is 0 Å². The standard InChI is InChI=1S/C12H24O3/c1-6-8-9-14-11(13)12(4,5)15-10(3)7-2/h10H,6-9H2,1-5H3. The van der Waals surface area contributed by atoms with Crippen molar-refractivity contribution in [2.24, 2.45) is 0 Å². The van der Waals surface area contributed by atoms with Crippen molar-refractivity contribution >= 4 is 5.97 Å². The van der Waals surface area contributed by atoms with Crippen LogP contribution in [0.15, 0.2) is 0 Å². The number of hydrogen-bond acceptors (Lipinski definition) is 3. The number of carbonyl (C=O) groups is 1. The predicted octanol–water partition coefficient (Wildman–Crippen LogP) is 2.92. The van der Waals surface area contributed by atoms with Gasteiger partial charge in [0.2, 0.25) is 0 Å². The largest absolute Gasteiger partial charge is 0.464 e. The van der Waals surface area contributed by atoms with Crippen molar-refractivity contribution in [3.63, 3.8) is 0 Å². The molecule has 0 radical (unpaired) electrons. The van der Waals surface area contributed by atoms with E-state index in [4.69, 9.17) is 9.47 Å². The Hall–Kier alpha value is -0.570. The third-order valence-corrected chi connectivity index (χ3v) is 2.29. The molecule has 0 saturated carbocycles. The summed E-state index contributed by atoms with van der Waals surface area (Å²) < 4.78 is 10.7. The van der Waals surface area contributed by atoms with Crippen LogP contribution in [0, 0.1) is 0 Å². The molecule has 0 spiro atoms. The van der Waals surface area contributed by atoms with Gasteiger partial charge in [-0.05, 0) is 33.6 Å². The van der Waals surface area contributed by atoms with Gasteiger partial charge in [-0.1, -0.05) is 20.3 Å². The monoisotopic (exact) mass is 216 g/mol. The first-order valence-electron chi connectivity index (χ1n) is 5.79. The van der Waals surface area contributed by atoms with Crippen LogP contribution in [0.25, 0.3) is 0 Å². The molecule has 0 amide bonds. The maximum absolute atomic E-state index is 11.6. The zero-order valence-corrected chi connectivity index (χ0v) is 10.6. The first kappa shape index (κ1) is 14.4. The van der Waals surface area contributed by atoms with Crippen molar-refractivity contribution in [1.82, 2.24) is 0 Å². The number of rotatable bonds is 7. The van der Waals surface area contributed by atoms with Crippen LogP contribution in [0.5, 0.6) is 0 Å². The van der Waals surface area contributed by atoms with Gasteiger partial charge in [0.05, 0.1) is 12.7 Å². The van der Waals surface area contributed by atoms with Gasteiger partial charge in [-0.3, -0.25) is 0 Å². The minimum Gasteiger partial charge on any atom is -0.464 e. The highest BCUT2D eigenvalue weighted by Gasteiger charge is 2.31. The maximum atomic E-state index is 11.6. The summed E-state index contributed by atoms with van der Waals surface area (Å²) in [7, 11) is 0. The Balaban J connectivity index is 4.02. The molecule has 0 bridgehead atoms. The molecular formula is C12H24O3. The number of ether oxygens (including phenoxy) is 2. The minimum absolute atomic E-state index is 0.0822. The van der Waals surface area contributed by atoms with E-state index in [0.29, 0.717) is 6.61 Å². The van der Waals surface area contributed by atoms with Crippen LogP contribution in [0.3, 0.4) is 0 Å². The van der Waals surface area contributed by atoms with Crippen molar-refractivity contribution in [1.29, 1.82) is 0 Å². The van der Waals surface area contributed by atoms with Gasteiger partial charge in [0.15, 0.2) is 5.60 Å². The van der Waals surface area contributed by atoms with Crippen molar-refractivity contribution in [3.8, 4) is 0 Å². The minimum atomic E-state index is -0.830. The molecule has 0 aliphatic heterocycles. The SMILES string of the molecule is CCCCOC(=O)C(C)(C)OC(C)CC. The van der Waals surface area contributed by atoms with E-state index in [-0.39, 0.29) is 12.1 Å². The smallest absolute Gasteiger partial charge is 0.337 e. The van der Waals surface area contributed by atoms with E-state index in [1.807, 2.05) is 13.8 Å². The topological polar surface area (TPSA) is 35.5 Å². The first-order valence-corrected chi connectivity index (χ1v) is 5.79. The Morgan fingerprint density at radius 2 is 1.93 bits per heavy atom. The van der Waals surface area contributed by atoms with Crippen molar-refractivity contribution in [3.05, 3.63) is 0 Å². The third-order valence-electron chi connectivity index (χ3n) is 2.29. The summed E-state index contributed by atoms with van der Waals surface area (Å²) in [5.74, 6) is -0.267. The number of esters is 1. The summed E-state index contributed by atoms with van der Waals surface area (Å²) in [5, 5.41) is 0. The van der Waals surface area contributed by atoms with Gasteiger partial charge in [-0.2, -0.15) is 0 Å². The second-order valence-corrected chi connectivity index (χ2v) is 4.34. The normalized spacial score (nSPS) is 13.7. The summed E-state index contributed by atoms with van der Waals surface area (Å²) >= 11 is 0. The highest BCUT2D eigenvalue weighted by Crippen LogP contribution is 2.16. The van der Waals surface area contributed by atoms with E-state index in [0.717, 1.165) is 19.3 Å². The average Bonchev–Trinajstić information content (AvgIpc) is 2.17. The third kappa shape index (κ3) is 5.78. The van der Waals surface area contributed by atoms with Crippen LogP contribution >= 0.6 is 0 Å². The zero-order chi connectivity index (χ0) is 11.9. The van der Waals surface area contributed by atoms with E-state index in [1.54, 1.807) is 13.8 Å². The number of unbranched alkanes of at least 4 members (excludes halogenated alkanes) is 1. The molecule has 0 heterocycles. The molecule has 3 heteroatoms. The highest BCUT2D eigenvalue weighted by molar-refractivity contribution is 5.78. The van der Waals surface area contributed by atoms with Crippen molar-refractivity contribution in [2.75, 3.05) is 6.61 Å². The van der Waals surface area contributed by atoms with Gasteiger partial charge in [0.25, 0.3) is 0 Å². The van der Waals surface area contributed by atoms with Gasteiger partial charge in [0, 0.05) is 0 Å². The van der Waals surface area contributed by atoms with Gasteiger partial charge < -0.3 is 9.47 Å². The second kappa shape index (κ2) is 6.83. The lowest BCUT2D eigenvalue weighted by Crippen LogP contribution is -2.39. The van der Waals surface area contributed by atoms with Crippen LogP contribution in [-0.2, 0) is 14.3 Å². The van der Waals surface area contributed by atoms with Gasteiger partial charge in [-0.25, -0.2) is 4.79 Å². The Labute approximate surface area is 93.1 Å². The van der Waals surface area contributed by atoms with E-state index in [2.05, 4.69) is 6.92 Å². The molecule has 0 rings (SSSR count). The molecular weight excluding hydrogens is 192 g/mol. The molecule has 0 N–H and O–H groups in total. The summed E-state index contributed by atoms with van der Waals surface area (Å²) in [6.45, 7) is 10.1. The van der Waals surface area contributed by atoms with E-state index >= 15 is 0 Å². The Kier molecular flexibility index (Phi) is 6.57. The maximum Gasteiger partial charge on any atom is 0.337 e. The molecule has 15 heavy (non-hydrogen) atoms. The van der Waals surface area contributed by atoms with Gasteiger partial charge in [0.1, 0.15) is 0 Å². The fraction of sp³-hybridized carbons (Fsp3) is 0.917. The molecule has 0 aromatic heterocycles. The van der Waals surface area contributed by atoms with Gasteiger partial charge in [-0.15, -0.1) is 0 Å². The summed E-state index contributed by atoms with van der Waals surface area (Å²) in [4.78, 5) is 11.6. The lowest BCUT2D eigenvalue weighted by Gasteiger charge is -2.26. The van der Waals surface area contributed by atoms with Crippen molar-refractivity contribution < 1.29 is 14.3 Å². The molecule has 3 nitrogen and oxygen atoms in total. The van der Waals surface area contributed by atoms with Crippen molar-refractivity contribution in [2.45, 2.75) is 65.6 Å². The zero-order valence-electron chi connectivity index (χ0n) is 10.6. The molecule has 0 aromatic rings. The molecule has 1 unspecified atom stereocenters. The fourth-order valence-corrected chi connectivity index (χ4v) is 1.12. The van der Waals surface area contributed by atoms with Crippen LogP contribution in [-0.4, -0.2) is 24.3 Å². The van der Waals surface area contributed by atoms with E-state index < -0.39 is 5.60 Å². The van der Waals surface area contributed by atoms with E-state index in [1.165, 1.54) is 0 Å². The lowest BCUT2D eigenvalue weighted by molar-refractivity contribution is -0.174. The summed E-state index contributed by atoms with van der Waals surface area (Å²) in [6, 6.07) is 0. The highest BCUT2D eigenvalue weighted by atomic mass is 16.6. The lowest BCUT2D eigenvalue weighted by atomic mass is 10.1. The molecule has 0 saturated heterocycles. The predicted molar refractivity (Wildman–Crippen MR) is 60.8 cm³/mol. The summed E-state index contributed by atoms with van der Waals surface area (Å²) in [6.07, 6.45) is 2.91. The average molecular weight is 216 g/mol. The molecule has 90 valence electrons. The molecule has 0 fully saturated rings. The van der Waals surface area contributed by atoms with E-state index in [9.17, 15) is 4.79 Å². The molecule has 0 aromatic carbocycles. The van der Waals surface area contributed by atoms with Gasteiger partial charge >= 0.3 is 5.97 Å². The number of carbonyl (C=O) groups excluding carboxylic acids is 1. The summed E-state index contributed by atoms with van der Waals surface area (Å²) in [5.41, 5.74) is -0.830. The Bertz CT molecular complexity index is 187. The van der Waals surface area contributed by atoms with Crippen LogP contribution in [0.2, 0.25) is 0 Å². The Morgan fingerprint density at radius 1 is 1.33 bits per heavy atom. The quantitative estimate of drug-likeness (QED) is 0.485.